The highest BCUT2D eigenvalue weighted by Crippen LogP contribution is 2.16. The first-order chi connectivity index (χ1) is 9.77. The molecule has 1 atom stereocenters. The van der Waals surface area contributed by atoms with Gasteiger partial charge in [-0.05, 0) is 45.0 Å². The Morgan fingerprint density at radius 3 is 2.33 bits per heavy atom. The summed E-state index contributed by atoms with van der Waals surface area (Å²) >= 11 is 0. The number of anilines is 1. The normalized spacial score (nSPS) is 13.0. The number of carbonyl (C=O) groups excluding carboxylic acids is 1. The van der Waals surface area contributed by atoms with Gasteiger partial charge in [0.05, 0.1) is 17.3 Å². The first-order valence-corrected chi connectivity index (χ1v) is 8.13. The molecule has 21 heavy (non-hydrogen) atoms. The Morgan fingerprint density at radius 2 is 1.86 bits per heavy atom. The zero-order valence-corrected chi connectivity index (χ0v) is 13.4. The van der Waals surface area contributed by atoms with E-state index in [0.717, 1.165) is 4.90 Å². The van der Waals surface area contributed by atoms with Gasteiger partial charge < -0.3 is 5.32 Å². The molecule has 0 saturated carbocycles. The number of rotatable bonds is 3. The van der Waals surface area contributed by atoms with Gasteiger partial charge in [-0.1, -0.05) is 0 Å². The molecule has 0 aliphatic heterocycles. The van der Waals surface area contributed by atoms with Crippen molar-refractivity contribution in [3.63, 3.8) is 0 Å². The van der Waals surface area contributed by atoms with Gasteiger partial charge in [-0.3, -0.25) is 13.7 Å². The minimum absolute atomic E-state index is 0.161. The molecule has 1 aromatic carbocycles. The van der Waals surface area contributed by atoms with Crippen molar-refractivity contribution in [2.24, 2.45) is 0 Å². The Morgan fingerprint density at radius 1 is 1.24 bits per heavy atom. The largest absolute Gasteiger partial charge is 0.322 e. The van der Waals surface area contributed by atoms with Crippen LogP contribution >= 0.6 is 0 Å². The van der Waals surface area contributed by atoms with Crippen LogP contribution in [0.4, 0.5) is 5.69 Å². The van der Waals surface area contributed by atoms with E-state index in [0.29, 0.717) is 11.3 Å². The van der Waals surface area contributed by atoms with Gasteiger partial charge in [-0.25, -0.2) is 0 Å². The lowest BCUT2D eigenvalue weighted by atomic mass is 10.1. The van der Waals surface area contributed by atoms with Crippen LogP contribution in [0.1, 0.15) is 31.1 Å². The second-order valence-electron chi connectivity index (χ2n) is 5.78. The Labute approximate surface area is 126 Å². The number of carbonyl (C=O) groups is 1. The van der Waals surface area contributed by atoms with E-state index < -0.39 is 10.8 Å². The number of benzene rings is 1. The van der Waals surface area contributed by atoms with Gasteiger partial charge in [-0.2, -0.15) is 5.10 Å². The molecular formula is C15H19N3O2S. The lowest BCUT2D eigenvalue weighted by Gasteiger charge is -2.18. The Kier molecular flexibility index (Phi) is 4.27. The molecule has 0 radical (unpaired) electrons. The summed E-state index contributed by atoms with van der Waals surface area (Å²) in [5.41, 5.74) is 1.01. The zero-order chi connectivity index (χ0) is 15.6. The maximum atomic E-state index is 12.1. The number of hydrogen-bond donors (Lipinski definition) is 1. The predicted molar refractivity (Wildman–Crippen MR) is 84.0 cm³/mol. The summed E-state index contributed by atoms with van der Waals surface area (Å²) in [4.78, 5) is 12.9. The number of hydrogen-bond acceptors (Lipinski definition) is 3. The Balaban J connectivity index is 2.11. The molecule has 0 aliphatic carbocycles. The third kappa shape index (κ3) is 3.78. The highest BCUT2D eigenvalue weighted by molar-refractivity contribution is 7.84. The molecule has 1 aromatic heterocycles. The molecular weight excluding hydrogens is 286 g/mol. The molecule has 0 aliphatic rings. The van der Waals surface area contributed by atoms with Gasteiger partial charge in [-0.15, -0.1) is 0 Å². The highest BCUT2D eigenvalue weighted by atomic mass is 32.2. The lowest BCUT2D eigenvalue weighted by Crippen LogP contribution is -2.22. The summed E-state index contributed by atoms with van der Waals surface area (Å²) in [6.45, 7) is 6.06. The van der Waals surface area contributed by atoms with Crippen molar-refractivity contribution in [1.82, 2.24) is 9.78 Å². The van der Waals surface area contributed by atoms with E-state index in [4.69, 9.17) is 0 Å². The van der Waals surface area contributed by atoms with E-state index in [2.05, 4.69) is 10.4 Å². The predicted octanol–water partition coefficient (Wildman–Crippen LogP) is 2.63. The summed E-state index contributed by atoms with van der Waals surface area (Å²) in [6, 6.07) is 6.96. The van der Waals surface area contributed by atoms with Crippen molar-refractivity contribution in [1.29, 1.82) is 0 Å². The summed E-state index contributed by atoms with van der Waals surface area (Å²) in [7, 11) is -1.02. The van der Waals surface area contributed by atoms with Gasteiger partial charge in [0.15, 0.2) is 0 Å². The summed E-state index contributed by atoms with van der Waals surface area (Å²) in [6.07, 6.45) is 4.90. The molecule has 1 N–H and O–H groups in total. The fourth-order valence-electron chi connectivity index (χ4n) is 1.74. The van der Waals surface area contributed by atoms with Crippen LogP contribution in [-0.2, 0) is 16.3 Å². The minimum atomic E-state index is -1.02. The molecule has 6 heteroatoms. The lowest BCUT2D eigenvalue weighted by molar-refractivity contribution is 0.102. The molecule has 1 heterocycles. The first-order valence-electron chi connectivity index (χ1n) is 6.57. The standard InChI is InChI=1S/C15H19N3O2S/c1-15(2,3)18-10-11(9-16-18)14(19)17-12-5-7-13(8-6-12)21(4)20/h5-10H,1-4H3,(H,17,19). The average Bonchev–Trinajstić information content (AvgIpc) is 2.88. The molecule has 0 saturated heterocycles. The van der Waals surface area contributed by atoms with Crippen molar-refractivity contribution < 1.29 is 9.00 Å². The fraction of sp³-hybridized carbons (Fsp3) is 0.333. The van der Waals surface area contributed by atoms with E-state index in [-0.39, 0.29) is 11.4 Å². The van der Waals surface area contributed by atoms with Crippen LogP contribution in [0.25, 0.3) is 0 Å². The molecule has 0 spiro atoms. The number of amides is 1. The van der Waals surface area contributed by atoms with E-state index >= 15 is 0 Å². The van der Waals surface area contributed by atoms with E-state index in [1.807, 2.05) is 20.8 Å². The Bertz CT molecular complexity index is 669. The maximum Gasteiger partial charge on any atom is 0.258 e. The van der Waals surface area contributed by atoms with Crippen LogP contribution in [0.3, 0.4) is 0 Å². The van der Waals surface area contributed by atoms with Crippen LogP contribution in [-0.4, -0.2) is 26.2 Å². The van der Waals surface area contributed by atoms with Gasteiger partial charge in [0.25, 0.3) is 5.91 Å². The second-order valence-corrected chi connectivity index (χ2v) is 7.16. The van der Waals surface area contributed by atoms with Gasteiger partial charge in [0.1, 0.15) is 0 Å². The SMILES string of the molecule is CS(=O)c1ccc(NC(=O)c2cnn(C(C)(C)C)c2)cc1. The van der Waals surface area contributed by atoms with Crippen molar-refractivity contribution in [2.45, 2.75) is 31.2 Å². The minimum Gasteiger partial charge on any atom is -0.322 e. The van der Waals surface area contributed by atoms with Crippen molar-refractivity contribution in [2.75, 3.05) is 11.6 Å². The molecule has 5 nitrogen and oxygen atoms in total. The molecule has 0 bridgehead atoms. The molecule has 1 unspecified atom stereocenters. The van der Waals surface area contributed by atoms with Crippen LogP contribution in [0.5, 0.6) is 0 Å². The maximum absolute atomic E-state index is 12.1. The van der Waals surface area contributed by atoms with Crippen molar-refractivity contribution in [3.8, 4) is 0 Å². The van der Waals surface area contributed by atoms with E-state index in [9.17, 15) is 9.00 Å². The van der Waals surface area contributed by atoms with Crippen LogP contribution in [0.15, 0.2) is 41.6 Å². The molecule has 2 rings (SSSR count). The van der Waals surface area contributed by atoms with Crippen molar-refractivity contribution >= 4 is 22.4 Å². The van der Waals surface area contributed by atoms with Gasteiger partial charge in [0, 0.05) is 33.8 Å². The molecule has 2 aromatic rings. The first kappa shape index (κ1) is 15.4. The quantitative estimate of drug-likeness (QED) is 0.948. The van der Waals surface area contributed by atoms with Crippen LogP contribution in [0.2, 0.25) is 0 Å². The monoisotopic (exact) mass is 305 g/mol. The summed E-state index contributed by atoms with van der Waals surface area (Å²) < 4.78 is 13.1. The summed E-state index contributed by atoms with van der Waals surface area (Å²) in [5.74, 6) is -0.212. The summed E-state index contributed by atoms with van der Waals surface area (Å²) in [5, 5.41) is 7.00. The van der Waals surface area contributed by atoms with Crippen molar-refractivity contribution in [3.05, 3.63) is 42.2 Å². The van der Waals surface area contributed by atoms with Crippen LogP contribution in [0, 0.1) is 0 Å². The van der Waals surface area contributed by atoms with Gasteiger partial charge in [0.2, 0.25) is 0 Å². The number of nitrogens with zero attached hydrogens (tertiary/aromatic N) is 2. The second kappa shape index (κ2) is 5.81. The average molecular weight is 305 g/mol. The van der Waals surface area contributed by atoms with Gasteiger partial charge >= 0.3 is 0 Å². The third-order valence-electron chi connectivity index (χ3n) is 2.98. The fourth-order valence-corrected chi connectivity index (χ4v) is 2.26. The topological polar surface area (TPSA) is 64.0 Å². The number of nitrogens with one attached hydrogen (secondary N) is 1. The van der Waals surface area contributed by atoms with E-state index in [1.165, 1.54) is 0 Å². The smallest absolute Gasteiger partial charge is 0.258 e. The van der Waals surface area contributed by atoms with Crippen LogP contribution < -0.4 is 5.32 Å². The highest BCUT2D eigenvalue weighted by Gasteiger charge is 2.16. The van der Waals surface area contributed by atoms with E-state index in [1.54, 1.807) is 47.6 Å². The Hall–Kier alpha value is -1.95. The molecule has 0 fully saturated rings. The zero-order valence-electron chi connectivity index (χ0n) is 12.6. The number of aromatic nitrogens is 2. The molecule has 1 amide bonds. The third-order valence-corrected chi connectivity index (χ3v) is 3.91. The molecule has 112 valence electrons.